The van der Waals surface area contributed by atoms with Crippen molar-refractivity contribution in [3.8, 4) is 0 Å². The van der Waals surface area contributed by atoms with Crippen LogP contribution in [0.5, 0.6) is 0 Å². The molecular formula is C13H15N7OS. The fourth-order valence-electron chi connectivity index (χ4n) is 2.06. The van der Waals surface area contributed by atoms with Crippen LogP contribution < -0.4 is 10.6 Å². The van der Waals surface area contributed by atoms with E-state index in [2.05, 4.69) is 29.7 Å². The molecule has 0 atom stereocenters. The number of aryl methyl sites for hydroxylation is 2. The molecule has 0 aliphatic carbocycles. The summed E-state index contributed by atoms with van der Waals surface area (Å²) in [6.07, 6.45) is 4.20. The average Bonchev–Trinajstić information content (AvgIpc) is 3.17. The minimum absolute atomic E-state index is 0.248. The number of anilines is 1. The third kappa shape index (κ3) is 3.19. The van der Waals surface area contributed by atoms with Crippen LogP contribution in [0, 0.1) is 6.92 Å². The zero-order valence-corrected chi connectivity index (χ0v) is 12.8. The van der Waals surface area contributed by atoms with E-state index in [0.29, 0.717) is 18.8 Å². The predicted molar refractivity (Wildman–Crippen MR) is 83.8 cm³/mol. The SMILES string of the molecule is Cc1ccc2nsnc2c1NC(=O)NCCCn1ccnn1. The predicted octanol–water partition coefficient (Wildman–Crippen LogP) is 1.80. The van der Waals surface area contributed by atoms with E-state index in [0.717, 1.165) is 34.7 Å². The first kappa shape index (κ1) is 14.4. The van der Waals surface area contributed by atoms with Crippen molar-refractivity contribution in [2.75, 3.05) is 11.9 Å². The van der Waals surface area contributed by atoms with E-state index in [9.17, 15) is 4.79 Å². The first-order valence-electron chi connectivity index (χ1n) is 6.85. The average molecular weight is 317 g/mol. The van der Waals surface area contributed by atoms with Gasteiger partial charge in [-0.25, -0.2) is 4.79 Å². The lowest BCUT2D eigenvalue weighted by atomic mass is 10.1. The number of rotatable bonds is 5. The first-order valence-corrected chi connectivity index (χ1v) is 7.58. The molecule has 0 fully saturated rings. The molecule has 0 spiro atoms. The van der Waals surface area contributed by atoms with Crippen LogP contribution in [0.15, 0.2) is 24.5 Å². The number of carbonyl (C=O) groups is 1. The number of hydrogen-bond donors (Lipinski definition) is 2. The number of aromatic nitrogens is 5. The molecule has 0 saturated heterocycles. The Morgan fingerprint density at radius 1 is 1.36 bits per heavy atom. The fourth-order valence-corrected chi connectivity index (χ4v) is 2.61. The molecule has 3 rings (SSSR count). The number of carbonyl (C=O) groups excluding carboxylic acids is 1. The zero-order chi connectivity index (χ0) is 15.4. The number of hydrogen-bond acceptors (Lipinski definition) is 6. The molecule has 0 aliphatic rings. The van der Waals surface area contributed by atoms with E-state index in [1.807, 2.05) is 19.1 Å². The minimum Gasteiger partial charge on any atom is -0.338 e. The van der Waals surface area contributed by atoms with Gasteiger partial charge in [0.2, 0.25) is 0 Å². The highest BCUT2D eigenvalue weighted by Gasteiger charge is 2.11. The molecular weight excluding hydrogens is 302 g/mol. The molecule has 8 nitrogen and oxygen atoms in total. The Kier molecular flexibility index (Phi) is 4.24. The molecule has 2 heterocycles. The zero-order valence-electron chi connectivity index (χ0n) is 12.0. The first-order chi connectivity index (χ1) is 10.7. The molecule has 0 aliphatic heterocycles. The van der Waals surface area contributed by atoms with E-state index in [-0.39, 0.29) is 6.03 Å². The normalized spacial score (nSPS) is 10.8. The van der Waals surface area contributed by atoms with Crippen molar-refractivity contribution in [2.24, 2.45) is 0 Å². The van der Waals surface area contributed by atoms with E-state index in [4.69, 9.17) is 0 Å². The highest BCUT2D eigenvalue weighted by atomic mass is 32.1. The van der Waals surface area contributed by atoms with Gasteiger partial charge in [0, 0.05) is 19.3 Å². The number of benzene rings is 1. The summed E-state index contributed by atoms with van der Waals surface area (Å²) >= 11 is 1.14. The van der Waals surface area contributed by atoms with Crippen LogP contribution in [-0.4, -0.2) is 36.3 Å². The third-order valence-electron chi connectivity index (χ3n) is 3.20. The van der Waals surface area contributed by atoms with Crippen LogP contribution in [0.25, 0.3) is 11.0 Å². The third-order valence-corrected chi connectivity index (χ3v) is 3.74. The Morgan fingerprint density at radius 2 is 2.27 bits per heavy atom. The lowest BCUT2D eigenvalue weighted by Gasteiger charge is -2.10. The standard InChI is InChI=1S/C13H15N7OS/c1-9-3-4-10-12(18-22-17-10)11(9)16-13(21)14-5-2-7-20-8-6-15-19-20/h3-4,6,8H,2,5,7H2,1H3,(H2,14,16,21). The van der Waals surface area contributed by atoms with E-state index in [1.54, 1.807) is 17.1 Å². The topological polar surface area (TPSA) is 97.6 Å². The maximum absolute atomic E-state index is 12.0. The monoisotopic (exact) mass is 317 g/mol. The van der Waals surface area contributed by atoms with Crippen molar-refractivity contribution in [1.29, 1.82) is 0 Å². The van der Waals surface area contributed by atoms with E-state index < -0.39 is 0 Å². The van der Waals surface area contributed by atoms with E-state index in [1.165, 1.54) is 0 Å². The quantitative estimate of drug-likeness (QED) is 0.699. The largest absolute Gasteiger partial charge is 0.338 e. The van der Waals surface area contributed by atoms with Crippen LogP contribution in [0.2, 0.25) is 0 Å². The molecule has 0 saturated carbocycles. The molecule has 2 amide bonds. The van der Waals surface area contributed by atoms with Gasteiger partial charge in [-0.15, -0.1) is 5.10 Å². The molecule has 2 N–H and O–H groups in total. The molecule has 0 unspecified atom stereocenters. The summed E-state index contributed by atoms with van der Waals surface area (Å²) in [5.41, 5.74) is 3.18. The van der Waals surface area contributed by atoms with Gasteiger partial charge in [0.25, 0.3) is 0 Å². The second-order valence-corrected chi connectivity index (χ2v) is 5.32. The molecule has 9 heteroatoms. The van der Waals surface area contributed by atoms with Gasteiger partial charge < -0.3 is 10.6 Å². The van der Waals surface area contributed by atoms with Crippen molar-refractivity contribution in [3.63, 3.8) is 0 Å². The van der Waals surface area contributed by atoms with Crippen LogP contribution in [0.1, 0.15) is 12.0 Å². The smallest absolute Gasteiger partial charge is 0.319 e. The fraction of sp³-hybridized carbons (Fsp3) is 0.308. The van der Waals surface area contributed by atoms with Crippen molar-refractivity contribution in [3.05, 3.63) is 30.1 Å². The summed E-state index contributed by atoms with van der Waals surface area (Å²) in [7, 11) is 0. The molecule has 0 radical (unpaired) electrons. The molecule has 2 aromatic heterocycles. The Hall–Kier alpha value is -2.55. The Bertz CT molecular complexity index is 768. The molecule has 0 bridgehead atoms. The van der Waals surface area contributed by atoms with Crippen LogP contribution in [0.4, 0.5) is 10.5 Å². The van der Waals surface area contributed by atoms with Gasteiger partial charge in [0.15, 0.2) is 0 Å². The lowest BCUT2D eigenvalue weighted by molar-refractivity contribution is 0.251. The second-order valence-electron chi connectivity index (χ2n) is 4.79. The molecule has 22 heavy (non-hydrogen) atoms. The van der Waals surface area contributed by atoms with Gasteiger partial charge in [-0.3, -0.25) is 4.68 Å². The maximum Gasteiger partial charge on any atom is 0.319 e. The van der Waals surface area contributed by atoms with Crippen molar-refractivity contribution < 1.29 is 4.79 Å². The molecule has 3 aromatic rings. The van der Waals surface area contributed by atoms with Gasteiger partial charge in [-0.1, -0.05) is 11.3 Å². The number of fused-ring (bicyclic) bond motifs is 1. The van der Waals surface area contributed by atoms with Crippen LogP contribution in [-0.2, 0) is 6.54 Å². The van der Waals surface area contributed by atoms with Gasteiger partial charge in [-0.2, -0.15) is 8.75 Å². The Balaban J connectivity index is 1.54. The highest BCUT2D eigenvalue weighted by Crippen LogP contribution is 2.25. The van der Waals surface area contributed by atoms with Crippen molar-refractivity contribution >= 4 is 34.5 Å². The summed E-state index contributed by atoms with van der Waals surface area (Å²) in [4.78, 5) is 12.0. The molecule has 114 valence electrons. The van der Waals surface area contributed by atoms with Crippen molar-refractivity contribution in [2.45, 2.75) is 19.9 Å². The molecule has 1 aromatic carbocycles. The van der Waals surface area contributed by atoms with Crippen LogP contribution >= 0.6 is 11.7 Å². The second kappa shape index (κ2) is 6.48. The number of urea groups is 1. The summed E-state index contributed by atoms with van der Waals surface area (Å²) in [5, 5.41) is 13.3. The van der Waals surface area contributed by atoms with Gasteiger partial charge in [0.1, 0.15) is 11.0 Å². The highest BCUT2D eigenvalue weighted by molar-refractivity contribution is 7.00. The summed E-state index contributed by atoms with van der Waals surface area (Å²) in [5.74, 6) is 0. The number of nitrogens with one attached hydrogen (secondary N) is 2. The summed E-state index contributed by atoms with van der Waals surface area (Å²) in [6.45, 7) is 3.19. The minimum atomic E-state index is -0.248. The Morgan fingerprint density at radius 3 is 3.09 bits per heavy atom. The maximum atomic E-state index is 12.0. The Labute approximate surface area is 130 Å². The summed E-state index contributed by atoms with van der Waals surface area (Å²) in [6, 6.07) is 3.57. The lowest BCUT2D eigenvalue weighted by Crippen LogP contribution is -2.30. The van der Waals surface area contributed by atoms with E-state index >= 15 is 0 Å². The number of nitrogens with zero attached hydrogens (tertiary/aromatic N) is 5. The van der Waals surface area contributed by atoms with Crippen LogP contribution in [0.3, 0.4) is 0 Å². The van der Waals surface area contributed by atoms with Gasteiger partial charge in [0.05, 0.1) is 23.6 Å². The van der Waals surface area contributed by atoms with Gasteiger partial charge >= 0.3 is 6.03 Å². The van der Waals surface area contributed by atoms with Crippen molar-refractivity contribution in [1.82, 2.24) is 29.1 Å². The number of amides is 2. The summed E-state index contributed by atoms with van der Waals surface area (Å²) < 4.78 is 10.1. The van der Waals surface area contributed by atoms with Gasteiger partial charge in [-0.05, 0) is 25.0 Å².